The number of carbonyl (C=O) groups is 2. The highest BCUT2D eigenvalue weighted by molar-refractivity contribution is 5.79. The molecule has 1 atom stereocenters. The number of nitrogens with zero attached hydrogens (tertiary/aromatic N) is 1. The van der Waals surface area contributed by atoms with Crippen molar-refractivity contribution in [3.8, 4) is 11.5 Å². The van der Waals surface area contributed by atoms with Crippen LogP contribution in [0.15, 0.2) is 36.9 Å². The SMILES string of the molecule is C=CCN(CC(C)C(=O)OC)C(=O)COc1ccc(OCC)cc1. The van der Waals surface area contributed by atoms with Crippen molar-refractivity contribution in [1.82, 2.24) is 4.90 Å². The number of benzene rings is 1. The Balaban J connectivity index is 2.58. The van der Waals surface area contributed by atoms with Gasteiger partial charge in [-0.3, -0.25) is 9.59 Å². The molecule has 1 aromatic rings. The fourth-order valence-corrected chi connectivity index (χ4v) is 2.08. The zero-order valence-corrected chi connectivity index (χ0v) is 14.5. The minimum atomic E-state index is -0.413. The van der Waals surface area contributed by atoms with Gasteiger partial charge in [-0.1, -0.05) is 13.0 Å². The zero-order chi connectivity index (χ0) is 17.9. The molecule has 0 radical (unpaired) electrons. The molecule has 0 heterocycles. The smallest absolute Gasteiger partial charge is 0.310 e. The third-order valence-corrected chi connectivity index (χ3v) is 3.30. The number of methoxy groups -OCH3 is 1. The van der Waals surface area contributed by atoms with Gasteiger partial charge in [0.15, 0.2) is 6.61 Å². The number of carbonyl (C=O) groups excluding carboxylic acids is 2. The molecule has 1 aromatic carbocycles. The summed E-state index contributed by atoms with van der Waals surface area (Å²) in [6.45, 7) is 8.33. The summed E-state index contributed by atoms with van der Waals surface area (Å²) in [5.74, 6) is 0.330. The van der Waals surface area contributed by atoms with Crippen LogP contribution in [-0.2, 0) is 14.3 Å². The van der Waals surface area contributed by atoms with Gasteiger partial charge in [0.05, 0.1) is 19.6 Å². The number of hydrogen-bond acceptors (Lipinski definition) is 5. The first-order chi connectivity index (χ1) is 11.5. The number of ether oxygens (including phenoxy) is 3. The predicted octanol–water partition coefficient (Wildman–Crippen LogP) is 2.29. The summed E-state index contributed by atoms with van der Waals surface area (Å²) in [5, 5.41) is 0. The lowest BCUT2D eigenvalue weighted by Gasteiger charge is -2.23. The third-order valence-electron chi connectivity index (χ3n) is 3.30. The van der Waals surface area contributed by atoms with E-state index in [-0.39, 0.29) is 25.0 Å². The molecular weight excluding hydrogens is 310 g/mol. The molecule has 1 rings (SSSR count). The van der Waals surface area contributed by atoms with Gasteiger partial charge in [-0.25, -0.2) is 0 Å². The van der Waals surface area contributed by atoms with Gasteiger partial charge in [-0.05, 0) is 31.2 Å². The summed E-state index contributed by atoms with van der Waals surface area (Å²) < 4.78 is 15.5. The van der Waals surface area contributed by atoms with Crippen LogP contribution >= 0.6 is 0 Å². The quantitative estimate of drug-likeness (QED) is 0.485. The molecule has 0 spiro atoms. The van der Waals surface area contributed by atoms with Crippen LogP contribution in [0.5, 0.6) is 11.5 Å². The second kappa shape index (κ2) is 10.3. The molecule has 0 bridgehead atoms. The lowest BCUT2D eigenvalue weighted by atomic mass is 10.1. The first-order valence-corrected chi connectivity index (χ1v) is 7.84. The van der Waals surface area contributed by atoms with Crippen molar-refractivity contribution in [1.29, 1.82) is 0 Å². The Morgan fingerprint density at radius 3 is 2.29 bits per heavy atom. The predicted molar refractivity (Wildman–Crippen MR) is 91.1 cm³/mol. The Morgan fingerprint density at radius 2 is 1.79 bits per heavy atom. The topological polar surface area (TPSA) is 65.1 Å². The zero-order valence-electron chi connectivity index (χ0n) is 14.5. The second-order valence-electron chi connectivity index (χ2n) is 5.20. The molecule has 24 heavy (non-hydrogen) atoms. The van der Waals surface area contributed by atoms with E-state index >= 15 is 0 Å². The highest BCUT2D eigenvalue weighted by Crippen LogP contribution is 2.17. The van der Waals surface area contributed by atoms with Crippen LogP contribution in [0, 0.1) is 5.92 Å². The van der Waals surface area contributed by atoms with Gasteiger partial charge >= 0.3 is 5.97 Å². The van der Waals surface area contributed by atoms with Crippen LogP contribution in [0.2, 0.25) is 0 Å². The Labute approximate surface area is 143 Å². The monoisotopic (exact) mass is 335 g/mol. The van der Waals surface area contributed by atoms with Gasteiger partial charge in [0.1, 0.15) is 11.5 Å². The van der Waals surface area contributed by atoms with Crippen LogP contribution in [-0.4, -0.2) is 50.2 Å². The van der Waals surface area contributed by atoms with E-state index in [0.29, 0.717) is 18.9 Å². The molecule has 0 aliphatic heterocycles. The molecule has 1 amide bonds. The van der Waals surface area contributed by atoms with Gasteiger partial charge in [0.25, 0.3) is 5.91 Å². The molecule has 6 nitrogen and oxygen atoms in total. The van der Waals surface area contributed by atoms with E-state index in [4.69, 9.17) is 9.47 Å². The van der Waals surface area contributed by atoms with Crippen molar-refractivity contribution < 1.29 is 23.8 Å². The summed E-state index contributed by atoms with van der Waals surface area (Å²) in [7, 11) is 1.33. The highest BCUT2D eigenvalue weighted by Gasteiger charge is 2.21. The van der Waals surface area contributed by atoms with E-state index in [1.54, 1.807) is 37.3 Å². The van der Waals surface area contributed by atoms with Crippen molar-refractivity contribution in [2.75, 3.05) is 33.4 Å². The molecule has 0 aliphatic carbocycles. The van der Waals surface area contributed by atoms with Crippen LogP contribution in [0.25, 0.3) is 0 Å². The molecule has 0 N–H and O–H groups in total. The molecular formula is C18H25NO5. The Morgan fingerprint density at radius 1 is 1.21 bits per heavy atom. The first kappa shape index (κ1) is 19.5. The number of esters is 1. The largest absolute Gasteiger partial charge is 0.494 e. The summed E-state index contributed by atoms with van der Waals surface area (Å²) in [6.07, 6.45) is 1.61. The van der Waals surface area contributed by atoms with Crippen molar-refractivity contribution in [2.24, 2.45) is 5.92 Å². The second-order valence-corrected chi connectivity index (χ2v) is 5.20. The van der Waals surface area contributed by atoms with E-state index in [0.717, 1.165) is 5.75 Å². The number of rotatable bonds is 10. The van der Waals surface area contributed by atoms with Gasteiger partial charge in [-0.2, -0.15) is 0 Å². The van der Waals surface area contributed by atoms with Gasteiger partial charge in [-0.15, -0.1) is 6.58 Å². The van der Waals surface area contributed by atoms with E-state index in [1.807, 2.05) is 6.92 Å². The van der Waals surface area contributed by atoms with E-state index in [1.165, 1.54) is 12.0 Å². The highest BCUT2D eigenvalue weighted by atomic mass is 16.5. The van der Waals surface area contributed by atoms with Gasteiger partial charge in [0.2, 0.25) is 0 Å². The van der Waals surface area contributed by atoms with Crippen LogP contribution in [0.1, 0.15) is 13.8 Å². The van der Waals surface area contributed by atoms with Gasteiger partial charge in [0, 0.05) is 13.1 Å². The van der Waals surface area contributed by atoms with Crippen LogP contribution in [0.4, 0.5) is 0 Å². The van der Waals surface area contributed by atoms with Crippen molar-refractivity contribution in [3.05, 3.63) is 36.9 Å². The molecule has 0 saturated heterocycles. The minimum absolute atomic E-state index is 0.115. The average molecular weight is 335 g/mol. The molecule has 0 aliphatic rings. The standard InChI is InChI=1S/C18H25NO5/c1-5-11-19(12-14(3)18(21)22-4)17(20)13-24-16-9-7-15(8-10-16)23-6-2/h5,7-10,14H,1,6,11-13H2,2-4H3. The average Bonchev–Trinajstić information content (AvgIpc) is 2.59. The lowest BCUT2D eigenvalue weighted by molar-refractivity contribution is -0.146. The lowest BCUT2D eigenvalue weighted by Crippen LogP contribution is -2.40. The Bertz CT molecular complexity index is 541. The molecule has 0 aromatic heterocycles. The summed E-state index contributed by atoms with van der Waals surface area (Å²) >= 11 is 0. The summed E-state index contributed by atoms with van der Waals surface area (Å²) in [6, 6.07) is 7.05. The molecule has 1 unspecified atom stereocenters. The van der Waals surface area contributed by atoms with Gasteiger partial charge < -0.3 is 19.1 Å². The maximum atomic E-state index is 12.3. The summed E-state index contributed by atoms with van der Waals surface area (Å²) in [4.78, 5) is 25.3. The first-order valence-electron chi connectivity index (χ1n) is 7.84. The number of hydrogen-bond donors (Lipinski definition) is 0. The fourth-order valence-electron chi connectivity index (χ4n) is 2.08. The van der Waals surface area contributed by atoms with E-state index < -0.39 is 5.92 Å². The molecule has 6 heteroatoms. The third kappa shape index (κ3) is 6.32. The maximum Gasteiger partial charge on any atom is 0.310 e. The Hall–Kier alpha value is -2.50. The van der Waals surface area contributed by atoms with Crippen LogP contribution in [0.3, 0.4) is 0 Å². The maximum absolute atomic E-state index is 12.3. The summed E-state index contributed by atoms with van der Waals surface area (Å²) in [5.41, 5.74) is 0. The molecule has 132 valence electrons. The molecule has 0 saturated carbocycles. The van der Waals surface area contributed by atoms with Crippen molar-refractivity contribution >= 4 is 11.9 Å². The van der Waals surface area contributed by atoms with Crippen LogP contribution < -0.4 is 9.47 Å². The normalized spacial score (nSPS) is 11.3. The fraction of sp³-hybridized carbons (Fsp3) is 0.444. The van der Waals surface area contributed by atoms with E-state index in [9.17, 15) is 9.59 Å². The number of amides is 1. The van der Waals surface area contributed by atoms with Crippen molar-refractivity contribution in [3.63, 3.8) is 0 Å². The Kier molecular flexibility index (Phi) is 8.39. The van der Waals surface area contributed by atoms with E-state index in [2.05, 4.69) is 11.3 Å². The minimum Gasteiger partial charge on any atom is -0.494 e. The molecule has 0 fully saturated rings. The van der Waals surface area contributed by atoms with Crippen molar-refractivity contribution in [2.45, 2.75) is 13.8 Å².